The fourth-order valence-electron chi connectivity index (χ4n) is 2.58. The quantitative estimate of drug-likeness (QED) is 0.797. The van der Waals surface area contributed by atoms with Crippen LogP contribution in [0.1, 0.15) is 5.56 Å². The normalized spacial score (nSPS) is 12.7. The highest BCUT2D eigenvalue weighted by Gasteiger charge is 2.11. The van der Waals surface area contributed by atoms with Gasteiger partial charge in [-0.25, -0.2) is 0 Å². The summed E-state index contributed by atoms with van der Waals surface area (Å²) in [6.07, 6.45) is 0. The van der Waals surface area contributed by atoms with E-state index in [4.69, 9.17) is 9.47 Å². The average molecular weight is 319 g/mol. The molecular formula is C19H17N3O2. The molecule has 0 unspecified atom stereocenters. The number of fused-ring (bicyclic) bond motifs is 1. The lowest BCUT2D eigenvalue weighted by atomic mass is 10.1. The van der Waals surface area contributed by atoms with E-state index in [0.717, 1.165) is 34.1 Å². The Morgan fingerprint density at radius 1 is 0.833 bits per heavy atom. The number of hydrogen-bond acceptors (Lipinski definition) is 5. The second-order valence-corrected chi connectivity index (χ2v) is 5.50. The number of hydrogen-bond donors (Lipinski definition) is 1. The summed E-state index contributed by atoms with van der Waals surface area (Å²) >= 11 is 0. The Hall–Kier alpha value is -3.08. The van der Waals surface area contributed by atoms with Gasteiger partial charge in [0.05, 0.1) is 5.69 Å². The summed E-state index contributed by atoms with van der Waals surface area (Å²) in [5, 5.41) is 11.8. The fraction of sp³-hybridized carbons (Fsp3) is 0.158. The van der Waals surface area contributed by atoms with Gasteiger partial charge in [0.2, 0.25) is 0 Å². The summed E-state index contributed by atoms with van der Waals surface area (Å²) in [5.74, 6) is 2.34. The first-order chi connectivity index (χ1) is 11.9. The SMILES string of the molecule is c1ccc(-c2ccc(NCc3ccc4c(c3)OCCO4)nn2)cc1. The Morgan fingerprint density at radius 2 is 1.67 bits per heavy atom. The molecule has 0 radical (unpaired) electrons. The number of benzene rings is 2. The Bertz CT molecular complexity index is 820. The molecule has 0 atom stereocenters. The zero-order valence-electron chi connectivity index (χ0n) is 13.1. The van der Waals surface area contributed by atoms with Crippen molar-refractivity contribution in [3.8, 4) is 22.8 Å². The van der Waals surface area contributed by atoms with Gasteiger partial charge < -0.3 is 14.8 Å². The maximum Gasteiger partial charge on any atom is 0.161 e. The lowest BCUT2D eigenvalue weighted by Crippen LogP contribution is -2.15. The van der Waals surface area contributed by atoms with Crippen molar-refractivity contribution in [3.63, 3.8) is 0 Å². The first-order valence-corrected chi connectivity index (χ1v) is 7.90. The molecule has 120 valence electrons. The highest BCUT2D eigenvalue weighted by Crippen LogP contribution is 2.30. The van der Waals surface area contributed by atoms with Crippen molar-refractivity contribution < 1.29 is 9.47 Å². The smallest absolute Gasteiger partial charge is 0.161 e. The number of rotatable bonds is 4. The van der Waals surface area contributed by atoms with Crippen LogP contribution in [0.3, 0.4) is 0 Å². The van der Waals surface area contributed by atoms with Gasteiger partial charge in [-0.2, -0.15) is 0 Å². The zero-order chi connectivity index (χ0) is 16.2. The van der Waals surface area contributed by atoms with Crippen LogP contribution >= 0.6 is 0 Å². The van der Waals surface area contributed by atoms with Crippen molar-refractivity contribution in [2.24, 2.45) is 0 Å². The number of nitrogens with zero attached hydrogens (tertiary/aromatic N) is 2. The van der Waals surface area contributed by atoms with Crippen LogP contribution in [0.15, 0.2) is 60.7 Å². The number of ether oxygens (including phenoxy) is 2. The molecule has 2 aromatic carbocycles. The fourth-order valence-corrected chi connectivity index (χ4v) is 2.58. The summed E-state index contributed by atoms with van der Waals surface area (Å²) in [6, 6.07) is 19.9. The molecule has 5 heteroatoms. The monoisotopic (exact) mass is 319 g/mol. The Kier molecular flexibility index (Phi) is 3.98. The lowest BCUT2D eigenvalue weighted by Gasteiger charge is -2.19. The average Bonchev–Trinajstić information content (AvgIpc) is 2.67. The first-order valence-electron chi connectivity index (χ1n) is 7.90. The molecule has 24 heavy (non-hydrogen) atoms. The lowest BCUT2D eigenvalue weighted by molar-refractivity contribution is 0.171. The van der Waals surface area contributed by atoms with Crippen LogP contribution in [0.25, 0.3) is 11.3 Å². The third kappa shape index (κ3) is 3.15. The molecule has 0 saturated heterocycles. The molecule has 5 nitrogen and oxygen atoms in total. The highest BCUT2D eigenvalue weighted by molar-refractivity contribution is 5.59. The maximum absolute atomic E-state index is 5.60. The van der Waals surface area contributed by atoms with Crippen molar-refractivity contribution in [2.75, 3.05) is 18.5 Å². The molecule has 1 N–H and O–H groups in total. The van der Waals surface area contributed by atoms with Gasteiger partial charge in [0.15, 0.2) is 11.5 Å². The minimum Gasteiger partial charge on any atom is -0.486 e. The second kappa shape index (κ2) is 6.58. The van der Waals surface area contributed by atoms with E-state index in [-0.39, 0.29) is 0 Å². The summed E-state index contributed by atoms with van der Waals surface area (Å²) in [6.45, 7) is 1.85. The standard InChI is InChI=1S/C19H17N3O2/c1-2-4-15(5-3-1)16-7-9-19(22-21-16)20-13-14-6-8-17-18(12-14)24-11-10-23-17/h1-9,12H,10-11,13H2,(H,20,22). The van der Waals surface area contributed by atoms with Gasteiger partial charge in [-0.1, -0.05) is 36.4 Å². The van der Waals surface area contributed by atoms with E-state index in [1.54, 1.807) is 0 Å². The Labute approximate surface area is 140 Å². The van der Waals surface area contributed by atoms with Crippen LogP contribution in [0.5, 0.6) is 11.5 Å². The molecule has 2 heterocycles. The van der Waals surface area contributed by atoms with Crippen LogP contribution in [0.4, 0.5) is 5.82 Å². The molecule has 0 fully saturated rings. The number of anilines is 1. The van der Waals surface area contributed by atoms with E-state index in [0.29, 0.717) is 19.8 Å². The van der Waals surface area contributed by atoms with Crippen LogP contribution in [-0.2, 0) is 6.54 Å². The predicted molar refractivity (Wildman–Crippen MR) is 92.2 cm³/mol. The summed E-state index contributed by atoms with van der Waals surface area (Å²) in [4.78, 5) is 0. The molecule has 0 amide bonds. The van der Waals surface area contributed by atoms with Gasteiger partial charge in [0.25, 0.3) is 0 Å². The minimum absolute atomic E-state index is 0.594. The van der Waals surface area contributed by atoms with Crippen LogP contribution in [0.2, 0.25) is 0 Å². The molecule has 1 aliphatic heterocycles. The number of nitrogens with one attached hydrogen (secondary N) is 1. The minimum atomic E-state index is 0.594. The topological polar surface area (TPSA) is 56.3 Å². The van der Waals surface area contributed by atoms with Gasteiger partial charge in [0, 0.05) is 12.1 Å². The molecule has 1 aliphatic rings. The largest absolute Gasteiger partial charge is 0.486 e. The van der Waals surface area contributed by atoms with Gasteiger partial charge in [-0.3, -0.25) is 0 Å². The van der Waals surface area contributed by atoms with Crippen molar-refractivity contribution in [2.45, 2.75) is 6.54 Å². The molecular weight excluding hydrogens is 302 g/mol. The summed E-state index contributed by atoms with van der Waals surface area (Å²) < 4.78 is 11.1. The van der Waals surface area contributed by atoms with E-state index in [9.17, 15) is 0 Å². The third-order valence-corrected chi connectivity index (χ3v) is 3.81. The van der Waals surface area contributed by atoms with E-state index in [1.165, 1.54) is 0 Å². The van der Waals surface area contributed by atoms with Crippen LogP contribution in [0, 0.1) is 0 Å². The van der Waals surface area contributed by atoms with Gasteiger partial charge in [-0.15, -0.1) is 10.2 Å². The van der Waals surface area contributed by atoms with Gasteiger partial charge in [-0.05, 0) is 29.8 Å². The molecule has 0 spiro atoms. The van der Waals surface area contributed by atoms with Crippen molar-refractivity contribution >= 4 is 5.82 Å². The van der Waals surface area contributed by atoms with Gasteiger partial charge >= 0.3 is 0 Å². The van der Waals surface area contributed by atoms with Crippen LogP contribution < -0.4 is 14.8 Å². The molecule has 0 saturated carbocycles. The first kappa shape index (κ1) is 14.5. The van der Waals surface area contributed by atoms with E-state index in [2.05, 4.69) is 15.5 Å². The zero-order valence-corrected chi connectivity index (χ0v) is 13.1. The van der Waals surface area contributed by atoms with E-state index in [1.807, 2.05) is 60.7 Å². The molecule has 1 aromatic heterocycles. The summed E-state index contributed by atoms with van der Waals surface area (Å²) in [7, 11) is 0. The van der Waals surface area contributed by atoms with Crippen molar-refractivity contribution in [3.05, 3.63) is 66.2 Å². The molecule has 0 aliphatic carbocycles. The van der Waals surface area contributed by atoms with Crippen molar-refractivity contribution in [1.29, 1.82) is 0 Å². The van der Waals surface area contributed by atoms with Crippen molar-refractivity contribution in [1.82, 2.24) is 10.2 Å². The summed E-state index contributed by atoms with van der Waals surface area (Å²) in [5.41, 5.74) is 3.03. The predicted octanol–water partition coefficient (Wildman–Crippen LogP) is 3.53. The molecule has 0 bridgehead atoms. The maximum atomic E-state index is 5.60. The third-order valence-electron chi connectivity index (χ3n) is 3.81. The Morgan fingerprint density at radius 3 is 2.46 bits per heavy atom. The molecule has 3 aromatic rings. The van der Waals surface area contributed by atoms with E-state index >= 15 is 0 Å². The second-order valence-electron chi connectivity index (χ2n) is 5.50. The van der Waals surface area contributed by atoms with Gasteiger partial charge in [0.1, 0.15) is 19.0 Å². The number of aromatic nitrogens is 2. The van der Waals surface area contributed by atoms with E-state index < -0.39 is 0 Å². The van der Waals surface area contributed by atoms with Crippen LogP contribution in [-0.4, -0.2) is 23.4 Å². The Balaban J connectivity index is 1.43. The molecule has 4 rings (SSSR count). The highest BCUT2D eigenvalue weighted by atomic mass is 16.6.